The Balaban J connectivity index is 1.55. The van der Waals surface area contributed by atoms with Crippen molar-refractivity contribution < 1.29 is 19.1 Å². The van der Waals surface area contributed by atoms with E-state index in [-0.39, 0.29) is 33.7 Å². The van der Waals surface area contributed by atoms with Gasteiger partial charge < -0.3 is 9.47 Å². The summed E-state index contributed by atoms with van der Waals surface area (Å²) < 4.78 is 10.7. The van der Waals surface area contributed by atoms with Crippen molar-refractivity contribution in [2.45, 2.75) is 0 Å². The van der Waals surface area contributed by atoms with Gasteiger partial charge in [0.15, 0.2) is 6.61 Å². The average molecular weight is 512 g/mol. The monoisotopic (exact) mass is 510 g/mol. The molecule has 3 rings (SSSR count). The SMILES string of the molecule is O=C(COc1cccc(Cl)c1Cl)N/N=C\c1cccc(OC(=O)c2ccc(Cl)cc2Cl)c1. The number of ether oxygens (including phenoxy) is 2. The van der Waals surface area contributed by atoms with Crippen molar-refractivity contribution in [2.24, 2.45) is 5.10 Å². The Kier molecular flexibility index (Phi) is 8.36. The van der Waals surface area contributed by atoms with Crippen molar-refractivity contribution >= 4 is 64.5 Å². The van der Waals surface area contributed by atoms with E-state index in [1.807, 2.05) is 0 Å². The smallest absolute Gasteiger partial charge is 0.345 e. The van der Waals surface area contributed by atoms with Crippen LogP contribution in [0, 0.1) is 0 Å². The molecular weight excluding hydrogens is 498 g/mol. The zero-order chi connectivity index (χ0) is 23.1. The van der Waals surface area contributed by atoms with E-state index in [0.717, 1.165) is 0 Å². The quantitative estimate of drug-likeness (QED) is 0.181. The molecule has 0 aliphatic rings. The van der Waals surface area contributed by atoms with Crippen LogP contribution < -0.4 is 14.9 Å². The van der Waals surface area contributed by atoms with E-state index in [0.29, 0.717) is 15.6 Å². The number of halogens is 4. The fourth-order valence-electron chi connectivity index (χ4n) is 2.43. The minimum Gasteiger partial charge on any atom is -0.482 e. The van der Waals surface area contributed by atoms with Crippen LogP contribution in [0.1, 0.15) is 15.9 Å². The summed E-state index contributed by atoms with van der Waals surface area (Å²) in [7, 11) is 0. The molecule has 0 fully saturated rings. The van der Waals surface area contributed by atoms with Crippen molar-refractivity contribution in [2.75, 3.05) is 6.61 Å². The second kappa shape index (κ2) is 11.2. The number of carbonyl (C=O) groups excluding carboxylic acids is 2. The number of hydrogen-bond acceptors (Lipinski definition) is 5. The molecule has 1 N–H and O–H groups in total. The van der Waals surface area contributed by atoms with Gasteiger partial charge in [-0.25, -0.2) is 10.2 Å². The van der Waals surface area contributed by atoms with Gasteiger partial charge in [0, 0.05) is 5.02 Å². The number of amides is 1. The van der Waals surface area contributed by atoms with E-state index in [1.165, 1.54) is 18.3 Å². The number of benzene rings is 3. The van der Waals surface area contributed by atoms with Crippen LogP contribution in [0.4, 0.5) is 0 Å². The van der Waals surface area contributed by atoms with Gasteiger partial charge in [0.25, 0.3) is 5.91 Å². The molecule has 0 atom stereocenters. The van der Waals surface area contributed by atoms with Crippen LogP contribution in [-0.4, -0.2) is 24.7 Å². The molecule has 164 valence electrons. The lowest BCUT2D eigenvalue weighted by Gasteiger charge is -2.08. The topological polar surface area (TPSA) is 77.0 Å². The Morgan fingerprint density at radius 1 is 0.938 bits per heavy atom. The highest BCUT2D eigenvalue weighted by Gasteiger charge is 2.13. The molecule has 6 nitrogen and oxygen atoms in total. The zero-order valence-electron chi connectivity index (χ0n) is 16.2. The molecule has 0 aromatic heterocycles. The highest BCUT2D eigenvalue weighted by atomic mass is 35.5. The van der Waals surface area contributed by atoms with Gasteiger partial charge in [-0.2, -0.15) is 5.10 Å². The first-order valence-corrected chi connectivity index (χ1v) is 10.5. The predicted octanol–water partition coefficient (Wildman–Crippen LogP) is 6.05. The Morgan fingerprint density at radius 3 is 2.50 bits per heavy atom. The summed E-state index contributed by atoms with van der Waals surface area (Å²) in [6.07, 6.45) is 1.39. The van der Waals surface area contributed by atoms with Crippen LogP contribution in [0.3, 0.4) is 0 Å². The van der Waals surface area contributed by atoms with Crippen molar-refractivity contribution in [1.82, 2.24) is 5.43 Å². The normalized spacial score (nSPS) is 10.8. The highest BCUT2D eigenvalue weighted by molar-refractivity contribution is 6.43. The molecule has 0 aliphatic carbocycles. The molecule has 32 heavy (non-hydrogen) atoms. The van der Waals surface area contributed by atoms with Crippen LogP contribution in [0.15, 0.2) is 65.8 Å². The van der Waals surface area contributed by atoms with E-state index < -0.39 is 11.9 Å². The summed E-state index contributed by atoms with van der Waals surface area (Å²) in [6.45, 7) is -0.309. The second-order valence-corrected chi connectivity index (χ2v) is 7.85. The third-order valence-corrected chi connectivity index (χ3v) is 5.25. The lowest BCUT2D eigenvalue weighted by Crippen LogP contribution is -2.24. The minimum absolute atomic E-state index is 0.183. The molecule has 10 heteroatoms. The Bertz CT molecular complexity index is 1180. The zero-order valence-corrected chi connectivity index (χ0v) is 19.2. The van der Waals surface area contributed by atoms with E-state index in [2.05, 4.69) is 10.5 Å². The molecule has 3 aromatic rings. The number of nitrogens with one attached hydrogen (secondary N) is 1. The largest absolute Gasteiger partial charge is 0.482 e. The van der Waals surface area contributed by atoms with Crippen molar-refractivity contribution in [3.05, 3.63) is 91.9 Å². The number of carbonyl (C=O) groups is 2. The van der Waals surface area contributed by atoms with Gasteiger partial charge in [-0.3, -0.25) is 4.79 Å². The maximum absolute atomic E-state index is 12.3. The van der Waals surface area contributed by atoms with E-state index in [1.54, 1.807) is 48.5 Å². The molecule has 0 bridgehead atoms. The maximum Gasteiger partial charge on any atom is 0.345 e. The molecule has 1 amide bonds. The number of nitrogens with zero attached hydrogens (tertiary/aromatic N) is 1. The predicted molar refractivity (Wildman–Crippen MR) is 126 cm³/mol. The van der Waals surface area contributed by atoms with Gasteiger partial charge >= 0.3 is 5.97 Å². The standard InChI is InChI=1S/C22H14Cl4N2O4/c23-14-7-8-16(18(25)10-14)22(30)32-15-4-1-3-13(9-15)11-27-28-20(29)12-31-19-6-2-5-17(24)21(19)26/h1-11H,12H2,(H,28,29)/b27-11-. The minimum atomic E-state index is -0.633. The Morgan fingerprint density at radius 2 is 1.72 bits per heavy atom. The second-order valence-electron chi connectivity index (χ2n) is 6.22. The summed E-state index contributed by atoms with van der Waals surface area (Å²) in [5.41, 5.74) is 3.09. The van der Waals surface area contributed by atoms with Crippen LogP contribution in [0.2, 0.25) is 20.1 Å². The third kappa shape index (κ3) is 6.61. The van der Waals surface area contributed by atoms with Gasteiger partial charge in [-0.15, -0.1) is 0 Å². The number of hydrazone groups is 1. The number of hydrogen-bond donors (Lipinski definition) is 1. The molecule has 0 saturated carbocycles. The molecule has 0 radical (unpaired) electrons. The van der Waals surface area contributed by atoms with Crippen LogP contribution in [-0.2, 0) is 4.79 Å². The molecular formula is C22H14Cl4N2O4. The molecule has 0 aliphatic heterocycles. The van der Waals surface area contributed by atoms with E-state index in [4.69, 9.17) is 55.9 Å². The van der Waals surface area contributed by atoms with Gasteiger partial charge in [0.2, 0.25) is 0 Å². The van der Waals surface area contributed by atoms with Crippen molar-refractivity contribution in [3.63, 3.8) is 0 Å². The Labute approximate surface area is 203 Å². The van der Waals surface area contributed by atoms with Gasteiger partial charge in [0.05, 0.1) is 21.8 Å². The van der Waals surface area contributed by atoms with E-state index >= 15 is 0 Å². The highest BCUT2D eigenvalue weighted by Crippen LogP contribution is 2.31. The van der Waals surface area contributed by atoms with Crippen LogP contribution in [0.25, 0.3) is 0 Å². The number of rotatable bonds is 7. The van der Waals surface area contributed by atoms with Crippen molar-refractivity contribution in [3.8, 4) is 11.5 Å². The molecule has 0 heterocycles. The summed E-state index contributed by atoms with van der Waals surface area (Å²) >= 11 is 23.8. The van der Waals surface area contributed by atoms with Gasteiger partial charge in [0.1, 0.15) is 16.5 Å². The first kappa shape index (κ1) is 23.9. The van der Waals surface area contributed by atoms with Gasteiger partial charge in [-0.1, -0.05) is 64.6 Å². The lowest BCUT2D eigenvalue weighted by atomic mass is 10.2. The molecule has 0 saturated heterocycles. The maximum atomic E-state index is 12.3. The number of esters is 1. The molecule has 3 aromatic carbocycles. The molecule has 0 unspecified atom stereocenters. The fourth-order valence-corrected chi connectivity index (χ4v) is 3.26. The Hall–Kier alpha value is -2.77. The van der Waals surface area contributed by atoms with Crippen LogP contribution in [0.5, 0.6) is 11.5 Å². The summed E-state index contributed by atoms with van der Waals surface area (Å²) in [6, 6.07) is 15.9. The summed E-state index contributed by atoms with van der Waals surface area (Å²) in [4.78, 5) is 24.2. The average Bonchev–Trinajstić information content (AvgIpc) is 2.75. The first-order valence-electron chi connectivity index (χ1n) is 8.99. The summed E-state index contributed by atoms with van der Waals surface area (Å²) in [5, 5.41) is 4.99. The molecule has 0 spiro atoms. The lowest BCUT2D eigenvalue weighted by molar-refractivity contribution is -0.123. The van der Waals surface area contributed by atoms with Gasteiger partial charge in [-0.05, 0) is 48.0 Å². The third-order valence-electron chi connectivity index (χ3n) is 3.90. The summed E-state index contributed by atoms with van der Waals surface area (Å²) in [5.74, 6) is -0.577. The van der Waals surface area contributed by atoms with E-state index in [9.17, 15) is 9.59 Å². The fraction of sp³-hybridized carbons (Fsp3) is 0.0455. The van der Waals surface area contributed by atoms with Crippen LogP contribution >= 0.6 is 46.4 Å². The first-order chi connectivity index (χ1) is 15.3. The van der Waals surface area contributed by atoms with Crippen molar-refractivity contribution in [1.29, 1.82) is 0 Å².